The normalized spacial score (nSPS) is 19.4. The Bertz CT molecular complexity index is 1080. The van der Waals surface area contributed by atoms with Gasteiger partial charge in [-0.25, -0.2) is 0 Å². The van der Waals surface area contributed by atoms with Gasteiger partial charge < -0.3 is 15.5 Å². The molecule has 38 heavy (non-hydrogen) atoms. The van der Waals surface area contributed by atoms with Gasteiger partial charge in [0.2, 0.25) is 0 Å². The highest BCUT2D eigenvalue weighted by Crippen LogP contribution is 2.44. The lowest BCUT2D eigenvalue weighted by Crippen LogP contribution is -2.41. The van der Waals surface area contributed by atoms with Gasteiger partial charge in [-0.2, -0.15) is 0 Å². The molecule has 0 spiro atoms. The topological polar surface area (TPSA) is 27.3 Å². The summed E-state index contributed by atoms with van der Waals surface area (Å²) in [7, 11) is 0. The van der Waals surface area contributed by atoms with E-state index in [1.165, 1.54) is 85.6 Å². The molecule has 1 unspecified atom stereocenters. The SMILES string of the molecule is C=C1CCC(N2CC3=C(C2=C)C(c2ccc(C(=C)NCCCCCCCCCCC)cc2)=CCC3)C(=C)N1. The predicted molar refractivity (Wildman–Crippen MR) is 165 cm³/mol. The third-order valence-corrected chi connectivity index (χ3v) is 8.41. The number of hydrogen-bond acceptors (Lipinski definition) is 3. The first-order chi connectivity index (χ1) is 18.5. The Morgan fingerprint density at radius 3 is 2.32 bits per heavy atom. The van der Waals surface area contributed by atoms with Crippen molar-refractivity contribution in [1.82, 2.24) is 15.5 Å². The summed E-state index contributed by atoms with van der Waals surface area (Å²) in [5.41, 5.74) is 10.9. The highest BCUT2D eigenvalue weighted by atomic mass is 15.2. The van der Waals surface area contributed by atoms with E-state index in [2.05, 4.69) is 79.1 Å². The van der Waals surface area contributed by atoms with E-state index in [0.29, 0.717) is 0 Å². The average molecular weight is 512 g/mol. The molecule has 1 atom stereocenters. The standard InChI is InChI=1S/C35H49N3/c1-6-7-8-9-10-11-12-13-14-24-36-27(3)30-19-21-31(22-20-30)33-17-15-16-32-25-38(29(5)35(32)33)34-23-18-26(2)37-28(34)4/h17,19-22,34,36-37H,2-16,18,23-25H2,1H3. The van der Waals surface area contributed by atoms with Crippen molar-refractivity contribution in [3.63, 3.8) is 0 Å². The fourth-order valence-corrected chi connectivity index (χ4v) is 6.16. The van der Waals surface area contributed by atoms with Crippen molar-refractivity contribution < 1.29 is 0 Å². The largest absolute Gasteiger partial charge is 0.385 e. The second-order valence-corrected chi connectivity index (χ2v) is 11.3. The fourth-order valence-electron chi connectivity index (χ4n) is 6.16. The number of hydrogen-bond donors (Lipinski definition) is 2. The predicted octanol–water partition coefficient (Wildman–Crippen LogP) is 8.86. The van der Waals surface area contributed by atoms with Crippen molar-refractivity contribution in [3.8, 4) is 0 Å². The Kier molecular flexibility index (Phi) is 10.1. The molecule has 0 aromatic heterocycles. The van der Waals surface area contributed by atoms with E-state index in [1.54, 1.807) is 0 Å². The van der Waals surface area contributed by atoms with Crippen LogP contribution >= 0.6 is 0 Å². The molecule has 1 aromatic carbocycles. The molecule has 2 aliphatic heterocycles. The average Bonchev–Trinajstić information content (AvgIpc) is 3.26. The van der Waals surface area contributed by atoms with E-state index in [9.17, 15) is 0 Å². The minimum absolute atomic E-state index is 0.280. The van der Waals surface area contributed by atoms with Crippen LogP contribution in [0.5, 0.6) is 0 Å². The first kappa shape index (κ1) is 28.1. The molecule has 3 heteroatoms. The van der Waals surface area contributed by atoms with Crippen molar-refractivity contribution in [3.05, 3.63) is 96.0 Å². The Balaban J connectivity index is 1.26. The summed E-state index contributed by atoms with van der Waals surface area (Å²) in [4.78, 5) is 2.46. The van der Waals surface area contributed by atoms with Gasteiger partial charge in [0, 0.05) is 41.5 Å². The number of piperidine rings is 1. The van der Waals surface area contributed by atoms with E-state index >= 15 is 0 Å². The lowest BCUT2D eigenvalue weighted by molar-refractivity contribution is 0.288. The van der Waals surface area contributed by atoms with Crippen LogP contribution in [-0.2, 0) is 0 Å². The zero-order chi connectivity index (χ0) is 26.9. The van der Waals surface area contributed by atoms with Gasteiger partial charge in [0.25, 0.3) is 0 Å². The minimum Gasteiger partial charge on any atom is -0.385 e. The molecular formula is C35H49N3. The molecule has 4 rings (SSSR count). The molecular weight excluding hydrogens is 462 g/mol. The summed E-state index contributed by atoms with van der Waals surface area (Å²) in [6.45, 7) is 21.5. The van der Waals surface area contributed by atoms with Gasteiger partial charge in [0.1, 0.15) is 0 Å². The summed E-state index contributed by atoms with van der Waals surface area (Å²) in [5.74, 6) is 0. The zero-order valence-electron chi connectivity index (χ0n) is 23.8. The monoisotopic (exact) mass is 511 g/mol. The lowest BCUT2D eigenvalue weighted by atomic mass is 9.87. The van der Waals surface area contributed by atoms with Crippen molar-refractivity contribution in [2.75, 3.05) is 13.1 Å². The van der Waals surface area contributed by atoms with Crippen LogP contribution in [-0.4, -0.2) is 24.0 Å². The molecule has 0 saturated carbocycles. The van der Waals surface area contributed by atoms with E-state index < -0.39 is 0 Å². The number of benzene rings is 1. The lowest BCUT2D eigenvalue weighted by Gasteiger charge is -2.37. The smallest absolute Gasteiger partial charge is 0.0693 e. The fraction of sp³-hybridized carbons (Fsp3) is 0.486. The number of unbranched alkanes of at least 4 members (excludes halogenated alkanes) is 8. The number of rotatable bonds is 14. The molecule has 0 radical (unpaired) electrons. The maximum Gasteiger partial charge on any atom is 0.0693 e. The Labute approximate surface area is 232 Å². The number of allylic oxidation sites excluding steroid dienone is 3. The second-order valence-electron chi connectivity index (χ2n) is 11.3. The van der Waals surface area contributed by atoms with Crippen molar-refractivity contribution in [1.29, 1.82) is 0 Å². The van der Waals surface area contributed by atoms with Gasteiger partial charge in [0.15, 0.2) is 0 Å². The van der Waals surface area contributed by atoms with E-state index in [0.717, 1.165) is 61.6 Å². The Morgan fingerprint density at radius 1 is 0.947 bits per heavy atom. The summed E-state index contributed by atoms with van der Waals surface area (Å²) >= 11 is 0. The van der Waals surface area contributed by atoms with Crippen LogP contribution in [0.2, 0.25) is 0 Å². The van der Waals surface area contributed by atoms with E-state index in [4.69, 9.17) is 0 Å². The van der Waals surface area contributed by atoms with Gasteiger partial charge in [-0.3, -0.25) is 0 Å². The molecule has 2 heterocycles. The molecule has 2 N–H and O–H groups in total. The second kappa shape index (κ2) is 13.7. The van der Waals surface area contributed by atoms with Gasteiger partial charge in [-0.05, 0) is 54.4 Å². The molecule has 1 saturated heterocycles. The van der Waals surface area contributed by atoms with Crippen LogP contribution < -0.4 is 10.6 Å². The van der Waals surface area contributed by atoms with Crippen LogP contribution in [0.1, 0.15) is 102 Å². The molecule has 1 fully saturated rings. The van der Waals surface area contributed by atoms with Gasteiger partial charge in [0.05, 0.1) is 6.04 Å². The van der Waals surface area contributed by atoms with Crippen molar-refractivity contribution >= 4 is 11.3 Å². The summed E-state index contributed by atoms with van der Waals surface area (Å²) in [5, 5.41) is 6.93. The minimum atomic E-state index is 0.280. The van der Waals surface area contributed by atoms with Crippen LogP contribution in [0.15, 0.2) is 84.9 Å². The molecule has 204 valence electrons. The van der Waals surface area contributed by atoms with Crippen LogP contribution in [0, 0.1) is 0 Å². The van der Waals surface area contributed by atoms with Crippen molar-refractivity contribution in [2.24, 2.45) is 0 Å². The van der Waals surface area contributed by atoms with Crippen LogP contribution in [0.3, 0.4) is 0 Å². The molecule has 3 aliphatic rings. The Hall–Kier alpha value is -2.94. The third kappa shape index (κ3) is 6.92. The van der Waals surface area contributed by atoms with Gasteiger partial charge in [-0.1, -0.05) is 115 Å². The van der Waals surface area contributed by atoms with E-state index in [1.807, 2.05) is 0 Å². The van der Waals surface area contributed by atoms with Gasteiger partial charge >= 0.3 is 0 Å². The molecule has 0 amide bonds. The van der Waals surface area contributed by atoms with Gasteiger partial charge in [-0.15, -0.1) is 0 Å². The highest BCUT2D eigenvalue weighted by molar-refractivity contribution is 5.86. The maximum atomic E-state index is 4.56. The first-order valence-corrected chi connectivity index (χ1v) is 15.0. The molecule has 1 aromatic rings. The first-order valence-electron chi connectivity index (χ1n) is 15.0. The third-order valence-electron chi connectivity index (χ3n) is 8.41. The quantitative estimate of drug-likeness (QED) is 0.244. The Morgan fingerprint density at radius 2 is 1.63 bits per heavy atom. The molecule has 1 aliphatic carbocycles. The number of nitrogens with zero attached hydrogens (tertiary/aromatic N) is 1. The van der Waals surface area contributed by atoms with Crippen LogP contribution in [0.4, 0.5) is 0 Å². The summed E-state index contributed by atoms with van der Waals surface area (Å²) in [6.07, 6.45) is 18.8. The maximum absolute atomic E-state index is 4.56. The summed E-state index contributed by atoms with van der Waals surface area (Å²) in [6, 6.07) is 9.21. The number of nitrogens with one attached hydrogen (secondary N) is 2. The van der Waals surface area contributed by atoms with E-state index in [-0.39, 0.29) is 6.04 Å². The highest BCUT2D eigenvalue weighted by Gasteiger charge is 2.35. The molecule has 0 bridgehead atoms. The molecule has 3 nitrogen and oxygen atoms in total. The van der Waals surface area contributed by atoms with Crippen LogP contribution in [0.25, 0.3) is 11.3 Å². The summed E-state index contributed by atoms with van der Waals surface area (Å²) < 4.78 is 0. The zero-order valence-corrected chi connectivity index (χ0v) is 23.8. The van der Waals surface area contributed by atoms with Crippen molar-refractivity contribution in [2.45, 2.75) is 96.4 Å².